The summed E-state index contributed by atoms with van der Waals surface area (Å²) >= 11 is 6.71. The van der Waals surface area contributed by atoms with E-state index >= 15 is 8.78 Å². The smallest absolute Gasteiger partial charge is 0.435 e. The Bertz CT molecular complexity index is 3360. The Morgan fingerprint density at radius 3 is 2.12 bits per heavy atom. The largest absolute Gasteiger partial charge is 0.481 e. The van der Waals surface area contributed by atoms with Crippen molar-refractivity contribution >= 4 is 66.1 Å². The van der Waals surface area contributed by atoms with Crippen molar-refractivity contribution in [3.05, 3.63) is 93.0 Å². The number of anilines is 1. The minimum Gasteiger partial charge on any atom is -0.481 e. The number of amides is 3. The van der Waals surface area contributed by atoms with Gasteiger partial charge in [-0.25, -0.2) is 30.4 Å². The summed E-state index contributed by atoms with van der Waals surface area (Å²) in [5.74, 6) is -13.1. The van der Waals surface area contributed by atoms with Gasteiger partial charge in [0.1, 0.15) is 30.4 Å². The van der Waals surface area contributed by atoms with Crippen molar-refractivity contribution < 1.29 is 80.2 Å². The number of aliphatic carboxylic acids is 1. The second-order valence-electron chi connectivity index (χ2n) is 19.5. The molecule has 29 heteroatoms. The number of pyridine rings is 1. The number of hydrogen-bond donors (Lipinski definition) is 2. The van der Waals surface area contributed by atoms with Crippen molar-refractivity contribution in [2.75, 3.05) is 29.9 Å². The number of sulfone groups is 1. The lowest BCUT2D eigenvalue weighted by Gasteiger charge is -2.33. The predicted octanol–water partition coefficient (Wildman–Crippen LogP) is 8.56. The van der Waals surface area contributed by atoms with E-state index < -0.39 is 154 Å². The molecule has 1 unspecified atom stereocenters. The highest BCUT2D eigenvalue weighted by Gasteiger charge is 2.68. The maximum absolute atomic E-state index is 15.6. The van der Waals surface area contributed by atoms with Gasteiger partial charge in [0.05, 0.1) is 44.6 Å². The summed E-state index contributed by atoms with van der Waals surface area (Å²) in [7, 11) is -8.59. The van der Waals surface area contributed by atoms with Crippen LogP contribution in [-0.2, 0) is 67.5 Å². The third kappa shape index (κ3) is 11.0. The molecule has 5 aromatic rings. The number of carbonyl (C=O) groups is 3. The molecule has 1 saturated heterocycles. The number of aromatic nitrogens is 5. The summed E-state index contributed by atoms with van der Waals surface area (Å²) in [6.07, 6.45) is -10.3. The number of likely N-dealkylation sites (tertiary alicyclic amines) is 1. The number of carboxylic acids is 1. The number of carboxylic acid groups (broad SMARTS) is 1. The van der Waals surface area contributed by atoms with Gasteiger partial charge in [0.2, 0.25) is 15.9 Å². The van der Waals surface area contributed by atoms with E-state index in [0.717, 1.165) is 35.4 Å². The van der Waals surface area contributed by atoms with Crippen LogP contribution in [0.15, 0.2) is 42.5 Å². The van der Waals surface area contributed by atoms with E-state index in [9.17, 15) is 71.4 Å². The molecule has 1 saturated carbocycles. The van der Waals surface area contributed by atoms with Crippen LogP contribution in [0.2, 0.25) is 5.02 Å². The average Bonchev–Trinajstić information content (AvgIpc) is 3.79. The van der Waals surface area contributed by atoms with Gasteiger partial charge in [0, 0.05) is 53.7 Å². The van der Waals surface area contributed by atoms with Gasteiger partial charge in [-0.15, -0.1) is 0 Å². The van der Waals surface area contributed by atoms with E-state index in [1.54, 1.807) is 0 Å². The van der Waals surface area contributed by atoms with E-state index in [1.807, 2.05) is 0 Å². The summed E-state index contributed by atoms with van der Waals surface area (Å²) in [5.41, 5.74) is -5.28. The molecule has 2 fully saturated rings. The first kappa shape index (κ1) is 55.2. The lowest BCUT2D eigenvalue weighted by Crippen LogP contribution is -2.49. The molecule has 0 radical (unpaired) electrons. The zero-order valence-electron chi connectivity index (χ0n) is 39.8. The molecule has 2 aliphatic carbocycles. The van der Waals surface area contributed by atoms with E-state index in [4.69, 9.17) is 16.6 Å². The first-order valence-corrected chi connectivity index (χ1v) is 27.0. The molecule has 3 aromatic heterocycles. The van der Waals surface area contributed by atoms with Crippen LogP contribution >= 0.6 is 11.6 Å². The third-order valence-electron chi connectivity index (χ3n) is 13.7. The minimum atomic E-state index is -5.22. The molecule has 2 aromatic carbocycles. The normalized spacial score (nSPS) is 18.5. The molecule has 2 N–H and O–H groups in total. The Labute approximate surface area is 426 Å². The highest BCUT2D eigenvalue weighted by Crippen LogP contribution is 2.68. The summed E-state index contributed by atoms with van der Waals surface area (Å²) < 4.78 is 200. The third-order valence-corrected chi connectivity index (χ3v) is 17.3. The fraction of sp³-hybridized carbons (Fsp3) is 0.478. The molecule has 16 nitrogen and oxygen atoms in total. The number of urea groups is 1. The van der Waals surface area contributed by atoms with Crippen LogP contribution < -0.4 is 9.62 Å². The number of carbonyl (C=O) groups excluding carboxylic acids is 2. The van der Waals surface area contributed by atoms with E-state index in [-0.39, 0.29) is 86.9 Å². The van der Waals surface area contributed by atoms with Gasteiger partial charge >= 0.3 is 24.4 Å². The lowest BCUT2D eigenvalue weighted by molar-refractivity contribution is -0.143. The van der Waals surface area contributed by atoms with Crippen molar-refractivity contribution in [3.8, 4) is 11.1 Å². The molecule has 0 bridgehead atoms. The Hall–Kier alpha value is -6.03. The molecule has 406 valence electrons. The van der Waals surface area contributed by atoms with E-state index in [2.05, 4.69) is 15.5 Å². The predicted molar refractivity (Wildman–Crippen MR) is 249 cm³/mol. The number of halogens is 11. The highest BCUT2D eigenvalue weighted by molar-refractivity contribution is 7.93. The van der Waals surface area contributed by atoms with Crippen molar-refractivity contribution in [1.82, 2.24) is 34.8 Å². The second-order valence-corrected chi connectivity index (χ2v) is 24.4. The van der Waals surface area contributed by atoms with Crippen LogP contribution in [0.3, 0.4) is 0 Å². The topological polar surface area (TPSA) is 207 Å². The molecule has 0 spiro atoms. The van der Waals surface area contributed by atoms with Gasteiger partial charge in [-0.1, -0.05) is 23.7 Å². The van der Waals surface area contributed by atoms with Crippen molar-refractivity contribution in [2.24, 2.45) is 11.8 Å². The summed E-state index contributed by atoms with van der Waals surface area (Å²) in [6.45, 7) is -1.03. The van der Waals surface area contributed by atoms with Gasteiger partial charge in [-0.2, -0.15) is 49.6 Å². The zero-order valence-corrected chi connectivity index (χ0v) is 42.2. The van der Waals surface area contributed by atoms with Gasteiger partial charge in [-0.3, -0.25) is 23.9 Å². The monoisotopic (exact) mass is 1130 g/mol. The van der Waals surface area contributed by atoms with Crippen molar-refractivity contribution in [3.63, 3.8) is 0 Å². The number of benzene rings is 2. The van der Waals surface area contributed by atoms with Crippen LogP contribution in [0, 0.1) is 23.5 Å². The number of sulfonamides is 1. The number of aryl methyl sites for hydroxylation is 1. The highest BCUT2D eigenvalue weighted by atomic mass is 35.5. The standard InChI is InChI=1S/C46H45ClF10N8O8S2/c1-43(2,74(3,70)71)12-9-26-5-6-27(28-7-8-31(47)35-37(28)64(21-44(50,51)52)61-40(35)65(75(4,72)73)42(69)62-13-10-23(11-14-62)41(67)68)36(58-26)32(17-22-15-24(48)18-25(49)16-22)59-33(66)20-63-39-34(38(60-63)46(55,56)57)29-19-30(29)45(39,53)54/h5-8,15-16,18,23,29-30,32H,9-14,17,19-21H2,1-4H3,(H,59,66)(H,67,68)/t29-,30?,32-/m0/s1. The van der Waals surface area contributed by atoms with Crippen molar-refractivity contribution in [1.29, 1.82) is 0 Å². The minimum absolute atomic E-state index is 0.0453. The Balaban J connectivity index is 1.33. The van der Waals surface area contributed by atoms with Crippen LogP contribution in [0.25, 0.3) is 22.0 Å². The van der Waals surface area contributed by atoms with Crippen LogP contribution in [0.1, 0.15) is 85.4 Å². The number of nitrogens with zero attached hydrogens (tertiary/aromatic N) is 7. The maximum atomic E-state index is 15.6. The molecule has 1 aliphatic heterocycles. The molecule has 3 amide bonds. The number of nitrogens with one attached hydrogen (secondary N) is 1. The zero-order chi connectivity index (χ0) is 55.3. The fourth-order valence-electron chi connectivity index (χ4n) is 9.65. The van der Waals surface area contributed by atoms with Crippen molar-refractivity contribution in [2.45, 2.75) is 100 Å². The van der Waals surface area contributed by atoms with Gasteiger partial charge in [0.25, 0.3) is 5.92 Å². The van der Waals surface area contributed by atoms with Gasteiger partial charge in [-0.05, 0) is 88.1 Å². The Kier molecular flexibility index (Phi) is 14.1. The van der Waals surface area contributed by atoms with E-state index in [0.29, 0.717) is 12.3 Å². The number of piperidine rings is 1. The molecular weight excluding hydrogens is 1080 g/mol. The number of fused-ring (bicyclic) bond motifs is 4. The number of hydrogen-bond acceptors (Lipinski definition) is 10. The molecular formula is C46H45ClF10N8O8S2. The Morgan fingerprint density at radius 1 is 0.920 bits per heavy atom. The SMILES string of the molecule is CC(C)(CCc1ccc(-c2ccc(Cl)c3c(N(C(=O)N4CCC(C(=O)O)CC4)S(C)(=O)=O)nn(CC(F)(F)F)c23)c([C@H](Cc2cc(F)cc(F)c2)NC(=O)Cn2nc(C(F)(F)F)c3c2C(F)(F)C2C[C@H]32)n1)S(C)(=O)=O. The first-order valence-electron chi connectivity index (χ1n) is 22.9. The molecule has 4 heterocycles. The molecule has 75 heavy (non-hydrogen) atoms. The summed E-state index contributed by atoms with van der Waals surface area (Å²) in [6, 6.07) is 3.88. The quantitative estimate of drug-likeness (QED) is 0.0950. The summed E-state index contributed by atoms with van der Waals surface area (Å²) in [5, 5.41) is 18.4. The van der Waals surface area contributed by atoms with Gasteiger partial charge in [0.15, 0.2) is 21.3 Å². The lowest BCUT2D eigenvalue weighted by atomic mass is 9.93. The van der Waals surface area contributed by atoms with Crippen LogP contribution in [-0.4, -0.2) is 106 Å². The number of rotatable bonds is 15. The molecule has 3 aliphatic rings. The molecule has 8 rings (SSSR count). The number of alkyl halides is 8. The second kappa shape index (κ2) is 19.2. The average molecular weight is 1130 g/mol. The Morgan fingerprint density at radius 2 is 1.55 bits per heavy atom. The van der Waals surface area contributed by atoms with E-state index in [1.165, 1.54) is 26.0 Å². The van der Waals surface area contributed by atoms with Gasteiger partial charge < -0.3 is 15.3 Å². The van der Waals surface area contributed by atoms with Crippen LogP contribution in [0.5, 0.6) is 0 Å². The first-order chi connectivity index (χ1) is 34.6. The fourth-order valence-corrected chi connectivity index (χ4v) is 11.2. The summed E-state index contributed by atoms with van der Waals surface area (Å²) in [4.78, 5) is 45.8. The van der Waals surface area contributed by atoms with Crippen LogP contribution in [0.4, 0.5) is 54.5 Å². The molecule has 3 atom stereocenters. The maximum Gasteiger partial charge on any atom is 0.435 e.